The molecule has 2 rings (SSSR count). The summed E-state index contributed by atoms with van der Waals surface area (Å²) in [6, 6.07) is 10.6. The van der Waals surface area contributed by atoms with Crippen molar-refractivity contribution in [3.05, 3.63) is 58.3 Å². The van der Waals surface area contributed by atoms with Crippen LogP contribution >= 0.6 is 15.9 Å². The predicted molar refractivity (Wildman–Crippen MR) is 79.2 cm³/mol. The highest BCUT2D eigenvalue weighted by Crippen LogP contribution is 2.30. The molecule has 0 fully saturated rings. The minimum atomic E-state index is -2.91. The molecular weight excluding hydrogens is 347 g/mol. The van der Waals surface area contributed by atoms with Gasteiger partial charge < -0.3 is 10.1 Å². The van der Waals surface area contributed by atoms with E-state index in [4.69, 9.17) is 0 Å². The van der Waals surface area contributed by atoms with Gasteiger partial charge in [0.15, 0.2) is 0 Å². The zero-order chi connectivity index (χ0) is 15.4. The summed E-state index contributed by atoms with van der Waals surface area (Å²) in [7, 11) is 0. The molecule has 0 heterocycles. The lowest BCUT2D eigenvalue weighted by molar-refractivity contribution is -0.0493. The molecule has 2 aromatic carbocycles. The van der Waals surface area contributed by atoms with Crippen molar-refractivity contribution in [2.75, 3.05) is 5.32 Å². The Balaban J connectivity index is 2.21. The van der Waals surface area contributed by atoms with Gasteiger partial charge in [0.05, 0.1) is 11.7 Å². The van der Waals surface area contributed by atoms with Crippen LogP contribution in [0.3, 0.4) is 0 Å². The monoisotopic (exact) mass is 359 g/mol. The van der Waals surface area contributed by atoms with Gasteiger partial charge in [0, 0.05) is 10.0 Å². The first kappa shape index (κ1) is 15.7. The molecule has 0 saturated heterocycles. The minimum Gasteiger partial charge on any atom is -0.433 e. The highest BCUT2D eigenvalue weighted by atomic mass is 79.9. The molecule has 21 heavy (non-hydrogen) atoms. The van der Waals surface area contributed by atoms with Crippen LogP contribution in [-0.2, 0) is 0 Å². The Bertz CT molecular complexity index is 622. The van der Waals surface area contributed by atoms with Crippen LogP contribution in [0.2, 0.25) is 0 Å². The molecule has 0 saturated carbocycles. The number of hydrogen-bond donors (Lipinski definition) is 1. The first-order chi connectivity index (χ1) is 9.97. The van der Waals surface area contributed by atoms with Gasteiger partial charge in [-0.3, -0.25) is 0 Å². The van der Waals surface area contributed by atoms with Gasteiger partial charge in [0.25, 0.3) is 0 Å². The van der Waals surface area contributed by atoms with Gasteiger partial charge in [-0.25, -0.2) is 4.39 Å². The van der Waals surface area contributed by atoms with Crippen molar-refractivity contribution in [2.24, 2.45) is 0 Å². The van der Waals surface area contributed by atoms with Crippen LogP contribution in [0.25, 0.3) is 0 Å². The Kier molecular flexibility index (Phi) is 5.12. The van der Waals surface area contributed by atoms with E-state index in [2.05, 4.69) is 26.0 Å². The summed E-state index contributed by atoms with van der Waals surface area (Å²) in [4.78, 5) is 0. The van der Waals surface area contributed by atoms with E-state index >= 15 is 0 Å². The lowest BCUT2D eigenvalue weighted by Crippen LogP contribution is -2.11. The number of nitrogens with one attached hydrogen (secondary N) is 1. The van der Waals surface area contributed by atoms with E-state index in [-0.39, 0.29) is 11.6 Å². The van der Waals surface area contributed by atoms with E-state index in [0.717, 1.165) is 0 Å². The third-order valence-electron chi connectivity index (χ3n) is 2.90. The molecule has 112 valence electrons. The van der Waals surface area contributed by atoms with E-state index in [1.807, 2.05) is 0 Å². The number of alkyl halides is 2. The van der Waals surface area contributed by atoms with Gasteiger partial charge in [0.1, 0.15) is 11.6 Å². The molecule has 0 aliphatic heterocycles. The predicted octanol–water partition coefficient (Wildman–Crippen LogP) is 5.36. The summed E-state index contributed by atoms with van der Waals surface area (Å²) in [5.41, 5.74) is 0.817. The van der Waals surface area contributed by atoms with E-state index in [0.29, 0.717) is 15.7 Å². The fourth-order valence-electron chi connectivity index (χ4n) is 1.95. The van der Waals surface area contributed by atoms with Crippen LogP contribution in [-0.4, -0.2) is 6.61 Å². The van der Waals surface area contributed by atoms with Gasteiger partial charge in [-0.1, -0.05) is 34.1 Å². The second-order valence-electron chi connectivity index (χ2n) is 4.41. The van der Waals surface area contributed by atoms with Crippen LogP contribution in [0.15, 0.2) is 46.9 Å². The molecule has 1 unspecified atom stereocenters. The Labute approximate surface area is 129 Å². The molecule has 2 aromatic rings. The van der Waals surface area contributed by atoms with Crippen LogP contribution in [0, 0.1) is 5.82 Å². The van der Waals surface area contributed by atoms with Crippen molar-refractivity contribution in [2.45, 2.75) is 19.6 Å². The summed E-state index contributed by atoms with van der Waals surface area (Å²) >= 11 is 3.19. The Morgan fingerprint density at radius 1 is 1.14 bits per heavy atom. The lowest BCUT2D eigenvalue weighted by Gasteiger charge is -2.19. The summed E-state index contributed by atoms with van der Waals surface area (Å²) < 4.78 is 43.7. The van der Waals surface area contributed by atoms with E-state index in [1.54, 1.807) is 37.3 Å². The first-order valence-electron chi connectivity index (χ1n) is 6.22. The van der Waals surface area contributed by atoms with Crippen molar-refractivity contribution in [3.8, 4) is 5.75 Å². The fraction of sp³-hybridized carbons (Fsp3) is 0.200. The summed E-state index contributed by atoms with van der Waals surface area (Å²) in [6.07, 6.45) is 0. The first-order valence-corrected chi connectivity index (χ1v) is 7.02. The Hall–Kier alpha value is -1.69. The van der Waals surface area contributed by atoms with Crippen molar-refractivity contribution < 1.29 is 17.9 Å². The third kappa shape index (κ3) is 4.14. The van der Waals surface area contributed by atoms with E-state index in [1.165, 1.54) is 12.1 Å². The number of benzene rings is 2. The lowest BCUT2D eigenvalue weighted by atomic mass is 10.1. The average molecular weight is 360 g/mol. The van der Waals surface area contributed by atoms with Gasteiger partial charge in [0.2, 0.25) is 0 Å². The molecule has 0 radical (unpaired) electrons. The molecule has 6 heteroatoms. The zero-order valence-corrected chi connectivity index (χ0v) is 12.7. The maximum atomic E-state index is 13.9. The van der Waals surface area contributed by atoms with Crippen LogP contribution in [0.4, 0.5) is 18.9 Å². The number of hydrogen-bond acceptors (Lipinski definition) is 2. The fourth-order valence-corrected chi connectivity index (χ4v) is 2.28. The zero-order valence-electron chi connectivity index (χ0n) is 11.1. The number of halogens is 4. The highest BCUT2D eigenvalue weighted by Gasteiger charge is 2.14. The quantitative estimate of drug-likeness (QED) is 0.775. The number of rotatable bonds is 5. The summed E-state index contributed by atoms with van der Waals surface area (Å²) in [5, 5.41) is 2.98. The van der Waals surface area contributed by atoms with Crippen molar-refractivity contribution >= 4 is 21.6 Å². The second-order valence-corrected chi connectivity index (χ2v) is 5.32. The van der Waals surface area contributed by atoms with Crippen molar-refractivity contribution in [1.29, 1.82) is 0 Å². The standard InChI is InChI=1S/C15H13BrF3NO/c1-9(11-7-6-10(16)8-12(11)17)20-13-4-2-3-5-14(13)21-15(18)19/h2-9,15,20H,1H3. The summed E-state index contributed by atoms with van der Waals surface area (Å²) in [6.45, 7) is -1.17. The molecule has 0 aliphatic rings. The molecule has 0 aliphatic carbocycles. The Morgan fingerprint density at radius 3 is 2.52 bits per heavy atom. The van der Waals surface area contributed by atoms with Gasteiger partial charge in [-0.2, -0.15) is 8.78 Å². The molecule has 0 amide bonds. The van der Waals surface area contributed by atoms with Crippen LogP contribution in [0.5, 0.6) is 5.75 Å². The largest absolute Gasteiger partial charge is 0.433 e. The minimum absolute atomic E-state index is 0.0249. The normalized spacial score (nSPS) is 12.3. The molecule has 0 spiro atoms. The maximum absolute atomic E-state index is 13.9. The number of anilines is 1. The Morgan fingerprint density at radius 2 is 1.86 bits per heavy atom. The van der Waals surface area contributed by atoms with Crippen LogP contribution in [0.1, 0.15) is 18.5 Å². The summed E-state index contributed by atoms with van der Waals surface area (Å²) in [5.74, 6) is -0.353. The highest BCUT2D eigenvalue weighted by molar-refractivity contribution is 9.10. The van der Waals surface area contributed by atoms with E-state index in [9.17, 15) is 13.2 Å². The maximum Gasteiger partial charge on any atom is 0.387 e. The smallest absolute Gasteiger partial charge is 0.387 e. The van der Waals surface area contributed by atoms with Crippen molar-refractivity contribution in [3.63, 3.8) is 0 Å². The molecule has 2 nitrogen and oxygen atoms in total. The van der Waals surface area contributed by atoms with Gasteiger partial charge >= 0.3 is 6.61 Å². The molecule has 0 bridgehead atoms. The number of para-hydroxylation sites is 2. The van der Waals surface area contributed by atoms with E-state index < -0.39 is 12.7 Å². The van der Waals surface area contributed by atoms with Crippen LogP contribution < -0.4 is 10.1 Å². The topological polar surface area (TPSA) is 21.3 Å². The second kappa shape index (κ2) is 6.85. The van der Waals surface area contributed by atoms with Crippen molar-refractivity contribution in [1.82, 2.24) is 0 Å². The molecule has 1 atom stereocenters. The van der Waals surface area contributed by atoms with Gasteiger partial charge in [-0.15, -0.1) is 0 Å². The SMILES string of the molecule is CC(Nc1ccccc1OC(F)F)c1ccc(Br)cc1F. The number of ether oxygens (including phenoxy) is 1. The molecule has 1 N–H and O–H groups in total. The van der Waals surface area contributed by atoms with Gasteiger partial charge in [-0.05, 0) is 31.2 Å². The average Bonchev–Trinajstić information content (AvgIpc) is 2.40. The molecular formula is C15H13BrF3NO. The molecule has 0 aromatic heterocycles. The third-order valence-corrected chi connectivity index (χ3v) is 3.40.